The lowest BCUT2D eigenvalue weighted by Gasteiger charge is -2.10. The van der Waals surface area contributed by atoms with Gasteiger partial charge in [0.25, 0.3) is 0 Å². The number of halogens is 1. The van der Waals surface area contributed by atoms with Crippen LogP contribution < -0.4 is 5.32 Å². The number of nitrogens with zero attached hydrogens (tertiary/aromatic N) is 1. The summed E-state index contributed by atoms with van der Waals surface area (Å²) in [4.78, 5) is 15.6. The van der Waals surface area contributed by atoms with E-state index in [1.54, 1.807) is 13.0 Å². The zero-order chi connectivity index (χ0) is 13.1. The van der Waals surface area contributed by atoms with Crippen LogP contribution in [0.1, 0.15) is 24.9 Å². The van der Waals surface area contributed by atoms with Gasteiger partial charge in [-0.05, 0) is 32.0 Å². The molecule has 0 saturated carbocycles. The molecule has 1 N–H and O–H groups in total. The van der Waals surface area contributed by atoms with Gasteiger partial charge in [-0.15, -0.1) is 11.3 Å². The van der Waals surface area contributed by atoms with Gasteiger partial charge in [0, 0.05) is 0 Å². The first-order chi connectivity index (χ1) is 8.60. The van der Waals surface area contributed by atoms with Gasteiger partial charge >= 0.3 is 6.09 Å². The number of fused-ring (bicyclic) bond motifs is 1. The second-order valence-corrected chi connectivity index (χ2v) is 4.81. The number of rotatable bonds is 3. The molecule has 96 valence electrons. The Hall–Kier alpha value is -1.69. The second kappa shape index (κ2) is 5.30. The number of alkyl carbamates (subject to hydrolysis) is 1. The van der Waals surface area contributed by atoms with E-state index < -0.39 is 6.09 Å². The van der Waals surface area contributed by atoms with Gasteiger partial charge in [0.2, 0.25) is 0 Å². The van der Waals surface area contributed by atoms with Crippen molar-refractivity contribution in [3.63, 3.8) is 0 Å². The summed E-state index contributed by atoms with van der Waals surface area (Å²) in [5.41, 5.74) is 0.730. The normalized spacial score (nSPS) is 12.4. The number of benzene rings is 1. The molecule has 0 aliphatic rings. The maximum Gasteiger partial charge on any atom is 0.407 e. The van der Waals surface area contributed by atoms with E-state index >= 15 is 0 Å². The molecule has 1 amide bonds. The molecule has 0 spiro atoms. The zero-order valence-electron chi connectivity index (χ0n) is 10.1. The van der Waals surface area contributed by atoms with Crippen molar-refractivity contribution < 1.29 is 13.9 Å². The zero-order valence-corrected chi connectivity index (χ0v) is 10.9. The molecule has 0 aliphatic heterocycles. The third kappa shape index (κ3) is 2.76. The van der Waals surface area contributed by atoms with E-state index in [1.807, 2.05) is 6.92 Å². The molecule has 1 aromatic heterocycles. The summed E-state index contributed by atoms with van der Waals surface area (Å²) in [6.45, 7) is 3.87. The highest BCUT2D eigenvalue weighted by atomic mass is 32.1. The SMILES string of the molecule is CCOC(=O)N[C@H](C)c1nc2ccc(F)cc2s1. The quantitative estimate of drug-likeness (QED) is 0.929. The topological polar surface area (TPSA) is 51.2 Å². The summed E-state index contributed by atoms with van der Waals surface area (Å²) in [5, 5.41) is 3.39. The van der Waals surface area contributed by atoms with Crippen LogP contribution in [-0.4, -0.2) is 17.7 Å². The number of amides is 1. The fraction of sp³-hybridized carbons (Fsp3) is 0.333. The van der Waals surface area contributed by atoms with Gasteiger partial charge in [-0.2, -0.15) is 0 Å². The van der Waals surface area contributed by atoms with Crippen molar-refractivity contribution in [1.29, 1.82) is 0 Å². The number of carbonyl (C=O) groups is 1. The number of hydrogen-bond acceptors (Lipinski definition) is 4. The van der Waals surface area contributed by atoms with Gasteiger partial charge in [0.15, 0.2) is 0 Å². The molecule has 4 nitrogen and oxygen atoms in total. The highest BCUT2D eigenvalue weighted by Gasteiger charge is 2.14. The van der Waals surface area contributed by atoms with E-state index in [-0.39, 0.29) is 11.9 Å². The molecule has 2 aromatic rings. The average Bonchev–Trinajstić information content (AvgIpc) is 2.72. The Morgan fingerprint density at radius 2 is 2.39 bits per heavy atom. The van der Waals surface area contributed by atoms with Crippen LogP contribution in [0.25, 0.3) is 10.2 Å². The van der Waals surface area contributed by atoms with Crippen LogP contribution in [0, 0.1) is 5.82 Å². The first-order valence-electron chi connectivity index (χ1n) is 5.59. The number of carbonyl (C=O) groups excluding carboxylic acids is 1. The second-order valence-electron chi connectivity index (χ2n) is 3.75. The highest BCUT2D eigenvalue weighted by molar-refractivity contribution is 7.18. The monoisotopic (exact) mass is 268 g/mol. The van der Waals surface area contributed by atoms with Crippen LogP contribution in [0.5, 0.6) is 0 Å². The molecule has 1 atom stereocenters. The molecule has 0 saturated heterocycles. The minimum atomic E-state index is -0.476. The Bertz CT molecular complexity index is 570. The molecule has 0 unspecified atom stereocenters. The van der Waals surface area contributed by atoms with Crippen LogP contribution in [0.15, 0.2) is 18.2 Å². The van der Waals surface area contributed by atoms with E-state index in [4.69, 9.17) is 4.74 Å². The highest BCUT2D eigenvalue weighted by Crippen LogP contribution is 2.26. The summed E-state index contributed by atoms with van der Waals surface area (Å²) in [6, 6.07) is 4.18. The van der Waals surface area contributed by atoms with Crippen LogP contribution >= 0.6 is 11.3 Å². The standard InChI is InChI=1S/C12H13FN2O2S/c1-3-17-12(16)14-7(2)11-15-9-5-4-8(13)6-10(9)18-11/h4-7H,3H2,1-2H3,(H,14,16)/t7-/m1/s1. The lowest BCUT2D eigenvalue weighted by Crippen LogP contribution is -2.27. The van der Waals surface area contributed by atoms with Gasteiger partial charge in [0.05, 0.1) is 22.9 Å². The Labute approximate surface area is 108 Å². The number of thiazole rings is 1. The molecular formula is C12H13FN2O2S. The third-order valence-corrected chi connectivity index (χ3v) is 3.55. The average molecular weight is 268 g/mol. The molecule has 1 heterocycles. The van der Waals surface area contributed by atoms with Crippen LogP contribution in [0.2, 0.25) is 0 Å². The fourth-order valence-electron chi connectivity index (χ4n) is 1.51. The number of hydrogen-bond donors (Lipinski definition) is 1. The molecule has 0 fully saturated rings. The van der Waals surface area contributed by atoms with Crippen molar-refractivity contribution in [2.45, 2.75) is 19.9 Å². The van der Waals surface area contributed by atoms with Gasteiger partial charge in [-0.1, -0.05) is 0 Å². The summed E-state index contributed by atoms with van der Waals surface area (Å²) in [6.07, 6.45) is -0.476. The molecule has 18 heavy (non-hydrogen) atoms. The predicted octanol–water partition coefficient (Wildman–Crippen LogP) is 3.24. The Kier molecular flexibility index (Phi) is 3.76. The number of aromatic nitrogens is 1. The van der Waals surface area contributed by atoms with Crippen LogP contribution in [-0.2, 0) is 4.74 Å². The van der Waals surface area contributed by atoms with Crippen LogP contribution in [0.3, 0.4) is 0 Å². The molecule has 0 bridgehead atoms. The molecular weight excluding hydrogens is 255 g/mol. The summed E-state index contributed by atoms with van der Waals surface area (Å²) in [7, 11) is 0. The maximum atomic E-state index is 13.0. The fourth-order valence-corrected chi connectivity index (χ4v) is 2.51. The predicted molar refractivity (Wildman–Crippen MR) is 68.2 cm³/mol. The lowest BCUT2D eigenvalue weighted by atomic mass is 10.3. The van der Waals surface area contributed by atoms with Crippen molar-refractivity contribution in [3.05, 3.63) is 29.0 Å². The van der Waals surface area contributed by atoms with E-state index in [9.17, 15) is 9.18 Å². The Morgan fingerprint density at radius 3 is 3.11 bits per heavy atom. The van der Waals surface area contributed by atoms with Crippen LogP contribution in [0.4, 0.5) is 9.18 Å². The molecule has 0 radical (unpaired) electrons. The number of nitrogens with one attached hydrogen (secondary N) is 1. The van der Waals surface area contributed by atoms with E-state index in [0.717, 1.165) is 15.2 Å². The molecule has 0 aliphatic carbocycles. The largest absolute Gasteiger partial charge is 0.450 e. The van der Waals surface area contributed by atoms with E-state index in [1.165, 1.54) is 23.5 Å². The maximum absolute atomic E-state index is 13.0. The van der Waals surface area contributed by atoms with Crippen molar-refractivity contribution in [1.82, 2.24) is 10.3 Å². The Morgan fingerprint density at radius 1 is 1.61 bits per heavy atom. The summed E-state index contributed by atoms with van der Waals surface area (Å²) in [5.74, 6) is -0.288. The summed E-state index contributed by atoms with van der Waals surface area (Å²) < 4.78 is 18.6. The van der Waals surface area contributed by atoms with Crippen molar-refractivity contribution in [2.75, 3.05) is 6.61 Å². The molecule has 2 rings (SSSR count). The van der Waals surface area contributed by atoms with Gasteiger partial charge in [0.1, 0.15) is 10.8 Å². The lowest BCUT2D eigenvalue weighted by molar-refractivity contribution is 0.149. The molecule has 1 aromatic carbocycles. The Balaban J connectivity index is 2.17. The number of ether oxygens (including phenoxy) is 1. The third-order valence-electron chi connectivity index (χ3n) is 2.35. The smallest absolute Gasteiger partial charge is 0.407 e. The van der Waals surface area contributed by atoms with Crippen molar-refractivity contribution in [2.24, 2.45) is 0 Å². The van der Waals surface area contributed by atoms with E-state index in [0.29, 0.717) is 6.61 Å². The van der Waals surface area contributed by atoms with Gasteiger partial charge in [-0.3, -0.25) is 0 Å². The first kappa shape index (κ1) is 12.8. The molecule has 6 heteroatoms. The summed E-state index contributed by atoms with van der Waals surface area (Å²) >= 11 is 1.36. The first-order valence-corrected chi connectivity index (χ1v) is 6.41. The van der Waals surface area contributed by atoms with E-state index in [2.05, 4.69) is 10.3 Å². The van der Waals surface area contributed by atoms with Crippen molar-refractivity contribution >= 4 is 27.6 Å². The minimum absolute atomic E-state index is 0.260. The minimum Gasteiger partial charge on any atom is -0.450 e. The van der Waals surface area contributed by atoms with Crippen molar-refractivity contribution in [3.8, 4) is 0 Å². The van der Waals surface area contributed by atoms with Gasteiger partial charge in [-0.25, -0.2) is 14.2 Å². The van der Waals surface area contributed by atoms with Gasteiger partial charge < -0.3 is 10.1 Å².